The maximum Gasteiger partial charge on any atom is 0.123 e. The van der Waals surface area contributed by atoms with Gasteiger partial charge in [0.1, 0.15) is 5.75 Å². The van der Waals surface area contributed by atoms with E-state index in [1.807, 2.05) is 41.7 Å². The summed E-state index contributed by atoms with van der Waals surface area (Å²) >= 11 is 4.05. The molecule has 1 saturated heterocycles. The van der Waals surface area contributed by atoms with Crippen molar-refractivity contribution in [3.05, 3.63) is 29.8 Å². The van der Waals surface area contributed by atoms with Crippen molar-refractivity contribution in [2.75, 3.05) is 12.9 Å². The quantitative estimate of drug-likeness (QED) is 0.661. The van der Waals surface area contributed by atoms with Crippen LogP contribution in [0.3, 0.4) is 0 Å². The Morgan fingerprint density at radius 3 is 2.68 bits per heavy atom. The van der Waals surface area contributed by atoms with E-state index in [0.717, 1.165) is 17.1 Å². The summed E-state index contributed by atoms with van der Waals surface area (Å²) in [5.74, 6) is 7.83. The molecular formula is C14H22N2OS2. The molecule has 4 unspecified atom stereocenters. The van der Waals surface area contributed by atoms with Gasteiger partial charge in [-0.1, -0.05) is 32.0 Å². The third kappa shape index (κ3) is 3.40. The second-order valence-corrected chi connectivity index (χ2v) is 7.84. The Balaban J connectivity index is 2.20. The summed E-state index contributed by atoms with van der Waals surface area (Å²) in [7, 11) is 1.71. The van der Waals surface area contributed by atoms with Crippen molar-refractivity contribution >= 4 is 23.5 Å². The van der Waals surface area contributed by atoms with E-state index in [9.17, 15) is 0 Å². The average molecular weight is 298 g/mol. The second kappa shape index (κ2) is 6.88. The van der Waals surface area contributed by atoms with Gasteiger partial charge in [0, 0.05) is 27.1 Å². The summed E-state index contributed by atoms with van der Waals surface area (Å²) in [4.78, 5) is 0. The lowest BCUT2D eigenvalue weighted by atomic mass is 10.0. The van der Waals surface area contributed by atoms with Crippen LogP contribution in [0.25, 0.3) is 0 Å². The van der Waals surface area contributed by atoms with Gasteiger partial charge in [0.25, 0.3) is 0 Å². The molecule has 0 amide bonds. The highest BCUT2D eigenvalue weighted by molar-refractivity contribution is 8.07. The summed E-state index contributed by atoms with van der Waals surface area (Å²) in [6, 6.07) is 8.24. The second-order valence-electron chi connectivity index (χ2n) is 4.80. The summed E-state index contributed by atoms with van der Waals surface area (Å²) in [6.07, 6.45) is 0. The number of thioether (sulfide) groups is 2. The molecule has 0 spiro atoms. The first-order chi connectivity index (χ1) is 9.17. The highest BCUT2D eigenvalue weighted by Crippen LogP contribution is 2.42. The first-order valence-corrected chi connectivity index (χ1v) is 8.52. The van der Waals surface area contributed by atoms with Crippen molar-refractivity contribution in [1.29, 1.82) is 0 Å². The zero-order valence-electron chi connectivity index (χ0n) is 11.6. The minimum absolute atomic E-state index is 0.128. The van der Waals surface area contributed by atoms with Gasteiger partial charge in [-0.05, 0) is 6.07 Å². The van der Waals surface area contributed by atoms with Crippen LogP contribution >= 0.6 is 23.5 Å². The number of nitrogens with one attached hydrogen (secondary N) is 1. The van der Waals surface area contributed by atoms with Crippen LogP contribution in [0.2, 0.25) is 0 Å². The minimum atomic E-state index is 0.128. The monoisotopic (exact) mass is 298 g/mol. The molecule has 0 aliphatic carbocycles. The zero-order valence-corrected chi connectivity index (χ0v) is 13.3. The van der Waals surface area contributed by atoms with Gasteiger partial charge in [0.2, 0.25) is 0 Å². The van der Waals surface area contributed by atoms with Crippen molar-refractivity contribution in [3.63, 3.8) is 0 Å². The Hall–Kier alpha value is -0.360. The van der Waals surface area contributed by atoms with Gasteiger partial charge < -0.3 is 4.74 Å². The van der Waals surface area contributed by atoms with Gasteiger partial charge in [0.15, 0.2) is 0 Å². The summed E-state index contributed by atoms with van der Waals surface area (Å²) in [5, 5.41) is 1.82. The number of hydrazine groups is 1. The van der Waals surface area contributed by atoms with Gasteiger partial charge in [-0.2, -0.15) is 23.5 Å². The number of benzene rings is 1. The van der Waals surface area contributed by atoms with Crippen LogP contribution in [0.4, 0.5) is 0 Å². The molecule has 3 nitrogen and oxygen atoms in total. The molecule has 1 aromatic carbocycles. The van der Waals surface area contributed by atoms with Crippen molar-refractivity contribution in [2.24, 2.45) is 5.84 Å². The Kier molecular flexibility index (Phi) is 5.45. The first kappa shape index (κ1) is 15.0. The Morgan fingerprint density at radius 2 is 2.05 bits per heavy atom. The number of hydrogen-bond acceptors (Lipinski definition) is 5. The van der Waals surface area contributed by atoms with E-state index in [1.54, 1.807) is 7.11 Å². The van der Waals surface area contributed by atoms with E-state index in [1.165, 1.54) is 0 Å². The van der Waals surface area contributed by atoms with Crippen molar-refractivity contribution < 1.29 is 4.74 Å². The first-order valence-electron chi connectivity index (χ1n) is 6.53. The lowest BCUT2D eigenvalue weighted by Crippen LogP contribution is -2.40. The topological polar surface area (TPSA) is 47.3 Å². The minimum Gasteiger partial charge on any atom is -0.496 e. The zero-order chi connectivity index (χ0) is 13.8. The molecule has 0 aromatic heterocycles. The van der Waals surface area contributed by atoms with Crippen LogP contribution in [0.1, 0.15) is 25.5 Å². The standard InChI is InChI=1S/C14H22N2OS2/c1-9-10(2)19-13(8-18-9)14(16-15)11-6-4-5-7-12(11)17-3/h4-7,9-10,13-14,16H,8,15H2,1-3H3. The number of rotatable bonds is 4. The molecule has 0 radical (unpaired) electrons. The van der Waals surface area contributed by atoms with E-state index in [-0.39, 0.29) is 6.04 Å². The average Bonchev–Trinajstić information content (AvgIpc) is 2.44. The van der Waals surface area contributed by atoms with Crippen molar-refractivity contribution in [1.82, 2.24) is 5.43 Å². The summed E-state index contributed by atoms with van der Waals surface area (Å²) < 4.78 is 5.46. The number of methoxy groups -OCH3 is 1. The van der Waals surface area contributed by atoms with Crippen LogP contribution in [0, 0.1) is 0 Å². The number of para-hydroxylation sites is 1. The van der Waals surface area contributed by atoms with E-state index >= 15 is 0 Å². The van der Waals surface area contributed by atoms with Crippen LogP contribution in [-0.2, 0) is 0 Å². The van der Waals surface area contributed by atoms with Gasteiger partial charge in [-0.3, -0.25) is 11.3 Å². The third-order valence-corrected chi connectivity index (χ3v) is 7.09. The lowest BCUT2D eigenvalue weighted by Gasteiger charge is -2.36. The number of ether oxygens (including phenoxy) is 1. The molecule has 3 N–H and O–H groups in total. The molecule has 0 saturated carbocycles. The molecule has 1 aromatic rings. The van der Waals surface area contributed by atoms with Crippen LogP contribution < -0.4 is 16.0 Å². The molecule has 106 valence electrons. The maximum absolute atomic E-state index is 5.81. The van der Waals surface area contributed by atoms with Crippen LogP contribution in [0.5, 0.6) is 5.75 Å². The fourth-order valence-corrected chi connectivity index (χ4v) is 5.39. The highest BCUT2D eigenvalue weighted by Gasteiger charge is 2.32. The normalized spacial score (nSPS) is 28.9. The van der Waals surface area contributed by atoms with Gasteiger partial charge in [-0.15, -0.1) is 0 Å². The van der Waals surface area contributed by atoms with E-state index in [4.69, 9.17) is 10.6 Å². The molecule has 4 atom stereocenters. The summed E-state index contributed by atoms with van der Waals surface area (Å²) in [6.45, 7) is 4.59. The van der Waals surface area contributed by atoms with Crippen LogP contribution in [0.15, 0.2) is 24.3 Å². The van der Waals surface area contributed by atoms with Crippen molar-refractivity contribution in [2.45, 2.75) is 35.6 Å². The molecule has 1 fully saturated rings. The van der Waals surface area contributed by atoms with E-state index in [2.05, 4.69) is 25.3 Å². The summed E-state index contributed by atoms with van der Waals surface area (Å²) in [5.41, 5.74) is 4.13. The van der Waals surface area contributed by atoms with Gasteiger partial charge in [0.05, 0.1) is 13.2 Å². The van der Waals surface area contributed by atoms with E-state index in [0.29, 0.717) is 15.7 Å². The molecule has 19 heavy (non-hydrogen) atoms. The van der Waals surface area contributed by atoms with Crippen molar-refractivity contribution in [3.8, 4) is 5.75 Å². The molecule has 0 bridgehead atoms. The Bertz CT molecular complexity index is 416. The molecule has 1 heterocycles. The Labute approximate surface area is 124 Å². The number of nitrogens with two attached hydrogens (primary N) is 1. The van der Waals surface area contributed by atoms with Gasteiger partial charge >= 0.3 is 0 Å². The van der Waals surface area contributed by atoms with Gasteiger partial charge in [-0.25, -0.2) is 0 Å². The predicted molar refractivity (Wildman–Crippen MR) is 85.8 cm³/mol. The third-order valence-electron chi connectivity index (χ3n) is 3.60. The van der Waals surface area contributed by atoms with E-state index < -0.39 is 0 Å². The highest BCUT2D eigenvalue weighted by atomic mass is 32.2. The predicted octanol–water partition coefficient (Wildman–Crippen LogP) is 2.83. The number of hydrogen-bond donors (Lipinski definition) is 2. The smallest absolute Gasteiger partial charge is 0.123 e. The SMILES string of the molecule is COc1ccccc1C(NN)C1CSC(C)C(C)S1. The lowest BCUT2D eigenvalue weighted by molar-refractivity contribution is 0.399. The Morgan fingerprint density at radius 1 is 1.32 bits per heavy atom. The fraction of sp³-hybridized carbons (Fsp3) is 0.571. The molecular weight excluding hydrogens is 276 g/mol. The molecule has 5 heteroatoms. The molecule has 2 rings (SSSR count). The van der Waals surface area contributed by atoms with Crippen LogP contribution in [-0.4, -0.2) is 28.6 Å². The maximum atomic E-state index is 5.81. The largest absolute Gasteiger partial charge is 0.496 e. The fourth-order valence-electron chi connectivity index (χ4n) is 2.30. The molecule has 1 aliphatic heterocycles. The molecule has 1 aliphatic rings.